The Bertz CT molecular complexity index is 485. The van der Waals surface area contributed by atoms with Crippen molar-refractivity contribution in [2.75, 3.05) is 19.0 Å². The van der Waals surface area contributed by atoms with Crippen LogP contribution in [0.5, 0.6) is 0 Å². The molecule has 0 saturated carbocycles. The van der Waals surface area contributed by atoms with E-state index in [0.29, 0.717) is 26.1 Å². The summed E-state index contributed by atoms with van der Waals surface area (Å²) < 4.78 is 17.8. The molecule has 0 spiro atoms. The van der Waals surface area contributed by atoms with E-state index in [-0.39, 0.29) is 17.1 Å². The number of benzene rings is 1. The van der Waals surface area contributed by atoms with E-state index in [0.717, 1.165) is 11.3 Å². The van der Waals surface area contributed by atoms with Crippen LogP contribution in [0.25, 0.3) is 0 Å². The molecule has 1 aromatic carbocycles. The van der Waals surface area contributed by atoms with Gasteiger partial charge in [0.1, 0.15) is 0 Å². The van der Waals surface area contributed by atoms with Gasteiger partial charge in [0.05, 0.1) is 12.0 Å². The molecule has 0 amide bonds. The molecule has 0 radical (unpaired) electrons. The van der Waals surface area contributed by atoms with Crippen molar-refractivity contribution < 1.29 is 19.0 Å². The van der Waals surface area contributed by atoms with Crippen LogP contribution in [0.2, 0.25) is 0 Å². The average Bonchev–Trinajstić information content (AvgIpc) is 2.56. The van der Waals surface area contributed by atoms with E-state index < -0.39 is 5.97 Å². The van der Waals surface area contributed by atoms with Crippen LogP contribution in [-0.2, 0) is 19.0 Å². The van der Waals surface area contributed by atoms with Crippen molar-refractivity contribution in [1.82, 2.24) is 0 Å². The number of rotatable bonds is 7. The zero-order valence-corrected chi connectivity index (χ0v) is 14.9. The van der Waals surface area contributed by atoms with Crippen molar-refractivity contribution in [2.24, 2.45) is 5.92 Å². The van der Waals surface area contributed by atoms with Gasteiger partial charge in [-0.1, -0.05) is 49.0 Å². The highest BCUT2D eigenvalue weighted by atomic mass is 32.2. The van der Waals surface area contributed by atoms with E-state index in [1.165, 1.54) is 11.8 Å². The molecule has 1 aliphatic heterocycles. The second-order valence-electron chi connectivity index (χ2n) is 5.40. The smallest absolute Gasteiger partial charge is 0.283 e. The summed E-state index contributed by atoms with van der Waals surface area (Å²) in [4.78, 5) is 12.5. The van der Waals surface area contributed by atoms with Crippen molar-refractivity contribution in [1.29, 1.82) is 0 Å². The Balaban J connectivity index is 2.28. The minimum Gasteiger partial charge on any atom is -0.328 e. The molecule has 1 saturated heterocycles. The summed E-state index contributed by atoms with van der Waals surface area (Å²) >= 11 is 1.36. The Hall–Kier alpha value is -0.880. The summed E-state index contributed by atoms with van der Waals surface area (Å²) in [5.74, 6) is -0.437. The third kappa shape index (κ3) is 4.57. The summed E-state index contributed by atoms with van der Waals surface area (Å²) in [6.45, 7) is 6.85. The molecule has 2 rings (SSSR count). The standard InChI is InChI=1S/C18H26O4S/c1-4-20-18(21-5-2)13-12-15(17(19)23-6-3)16(22-18)14-10-8-7-9-11-14/h7-11,15-16H,4-6,12-13H2,1-3H3/t15-,16-/m1/s1. The maximum atomic E-state index is 12.5. The summed E-state index contributed by atoms with van der Waals surface area (Å²) in [5.41, 5.74) is 0.992. The monoisotopic (exact) mass is 338 g/mol. The Labute approximate surface area is 142 Å². The Kier molecular flexibility index (Phi) is 7.09. The van der Waals surface area contributed by atoms with Crippen molar-refractivity contribution in [3.05, 3.63) is 35.9 Å². The van der Waals surface area contributed by atoms with E-state index in [1.54, 1.807) is 0 Å². The van der Waals surface area contributed by atoms with Crippen LogP contribution in [0, 0.1) is 5.92 Å². The quantitative estimate of drug-likeness (QED) is 0.699. The number of hydrogen-bond acceptors (Lipinski definition) is 5. The highest BCUT2D eigenvalue weighted by molar-refractivity contribution is 8.13. The third-order valence-corrected chi connectivity index (χ3v) is 4.76. The average molecular weight is 338 g/mol. The maximum Gasteiger partial charge on any atom is 0.283 e. The minimum absolute atomic E-state index is 0.170. The molecule has 0 aliphatic carbocycles. The molecule has 1 aromatic rings. The van der Waals surface area contributed by atoms with Gasteiger partial charge < -0.3 is 14.2 Å². The van der Waals surface area contributed by atoms with Crippen LogP contribution in [0.3, 0.4) is 0 Å². The molecule has 1 aliphatic rings. The number of carbonyl (C=O) groups is 1. The highest BCUT2D eigenvalue weighted by Crippen LogP contribution is 2.44. The lowest BCUT2D eigenvalue weighted by atomic mass is 9.89. The molecule has 1 heterocycles. The predicted octanol–water partition coefficient (Wildman–Crippen LogP) is 4.16. The van der Waals surface area contributed by atoms with Gasteiger partial charge in [-0.25, -0.2) is 0 Å². The van der Waals surface area contributed by atoms with E-state index in [2.05, 4.69) is 0 Å². The first-order chi connectivity index (χ1) is 11.2. The maximum absolute atomic E-state index is 12.5. The first kappa shape index (κ1) is 18.5. The Morgan fingerprint density at radius 1 is 1.22 bits per heavy atom. The Morgan fingerprint density at radius 3 is 2.43 bits per heavy atom. The summed E-state index contributed by atoms with van der Waals surface area (Å²) in [6.07, 6.45) is 0.930. The molecular weight excluding hydrogens is 312 g/mol. The second kappa shape index (κ2) is 8.83. The lowest BCUT2D eigenvalue weighted by Gasteiger charge is -2.43. The van der Waals surface area contributed by atoms with Gasteiger partial charge >= 0.3 is 0 Å². The summed E-state index contributed by atoms with van der Waals surface area (Å²) in [6, 6.07) is 9.88. The Morgan fingerprint density at radius 2 is 1.87 bits per heavy atom. The number of carbonyl (C=O) groups excluding carboxylic acids is 1. The fourth-order valence-electron chi connectivity index (χ4n) is 2.95. The molecule has 23 heavy (non-hydrogen) atoms. The van der Waals surface area contributed by atoms with Gasteiger partial charge in [0.15, 0.2) is 5.12 Å². The van der Waals surface area contributed by atoms with Gasteiger partial charge in [0.25, 0.3) is 5.97 Å². The van der Waals surface area contributed by atoms with Crippen molar-refractivity contribution in [3.8, 4) is 0 Å². The van der Waals surface area contributed by atoms with Crippen LogP contribution in [-0.4, -0.2) is 30.1 Å². The van der Waals surface area contributed by atoms with Gasteiger partial charge in [-0.3, -0.25) is 4.79 Å². The first-order valence-electron chi connectivity index (χ1n) is 8.33. The second-order valence-corrected chi connectivity index (χ2v) is 6.66. The van der Waals surface area contributed by atoms with E-state index >= 15 is 0 Å². The molecule has 2 atom stereocenters. The number of thioether (sulfide) groups is 1. The molecule has 1 fully saturated rings. The molecule has 4 nitrogen and oxygen atoms in total. The van der Waals surface area contributed by atoms with Crippen molar-refractivity contribution >= 4 is 16.9 Å². The van der Waals surface area contributed by atoms with Crippen molar-refractivity contribution in [3.63, 3.8) is 0 Å². The summed E-state index contributed by atoms with van der Waals surface area (Å²) in [7, 11) is 0. The van der Waals surface area contributed by atoms with Crippen LogP contribution >= 0.6 is 11.8 Å². The molecule has 0 N–H and O–H groups in total. The minimum atomic E-state index is -1.04. The molecule has 0 bridgehead atoms. The van der Waals surface area contributed by atoms with E-state index in [4.69, 9.17) is 14.2 Å². The topological polar surface area (TPSA) is 44.8 Å². The zero-order valence-electron chi connectivity index (χ0n) is 14.1. The normalized spacial score (nSPS) is 23.6. The number of ether oxygens (including phenoxy) is 3. The fraction of sp³-hybridized carbons (Fsp3) is 0.611. The number of hydrogen-bond donors (Lipinski definition) is 0. The van der Waals surface area contributed by atoms with Crippen LogP contribution in [0.15, 0.2) is 30.3 Å². The van der Waals surface area contributed by atoms with Crippen LogP contribution in [0.4, 0.5) is 0 Å². The summed E-state index contributed by atoms with van der Waals surface area (Å²) in [5, 5.41) is 0.183. The third-order valence-electron chi connectivity index (χ3n) is 3.88. The molecule has 0 aromatic heterocycles. The van der Waals surface area contributed by atoms with Gasteiger partial charge in [-0.2, -0.15) is 0 Å². The van der Waals surface area contributed by atoms with Gasteiger partial charge in [0.2, 0.25) is 0 Å². The largest absolute Gasteiger partial charge is 0.328 e. The highest BCUT2D eigenvalue weighted by Gasteiger charge is 2.46. The van der Waals surface area contributed by atoms with E-state index in [1.807, 2.05) is 51.1 Å². The molecular formula is C18H26O4S. The molecule has 0 unspecified atom stereocenters. The van der Waals surface area contributed by atoms with Crippen LogP contribution < -0.4 is 0 Å². The first-order valence-corrected chi connectivity index (χ1v) is 9.31. The fourth-order valence-corrected chi connectivity index (χ4v) is 3.69. The zero-order chi connectivity index (χ0) is 16.7. The lowest BCUT2D eigenvalue weighted by molar-refractivity contribution is -0.412. The van der Waals surface area contributed by atoms with Gasteiger partial charge in [-0.15, -0.1) is 0 Å². The molecule has 5 heteroatoms. The van der Waals surface area contributed by atoms with Gasteiger partial charge in [-0.05, 0) is 31.6 Å². The lowest BCUT2D eigenvalue weighted by Crippen LogP contribution is -2.47. The van der Waals surface area contributed by atoms with Crippen molar-refractivity contribution in [2.45, 2.75) is 45.7 Å². The van der Waals surface area contributed by atoms with E-state index in [9.17, 15) is 4.79 Å². The predicted molar refractivity (Wildman–Crippen MR) is 92.1 cm³/mol. The molecule has 128 valence electrons. The van der Waals surface area contributed by atoms with Crippen LogP contribution in [0.1, 0.15) is 45.3 Å². The van der Waals surface area contributed by atoms with Gasteiger partial charge in [0, 0.05) is 19.6 Å². The SMILES string of the molecule is CCOC1(OCC)CC[C@@H](C(=O)SCC)[C@@H](c2ccccc2)O1.